The third-order valence-electron chi connectivity index (χ3n) is 9.19. The van der Waals surface area contributed by atoms with Crippen LogP contribution < -0.4 is 5.73 Å². The van der Waals surface area contributed by atoms with Gasteiger partial charge in [0.05, 0.1) is 18.8 Å². The van der Waals surface area contributed by atoms with Gasteiger partial charge in [-0.15, -0.1) is 0 Å². The van der Waals surface area contributed by atoms with Gasteiger partial charge in [-0.2, -0.15) is 0 Å². The zero-order valence-electron chi connectivity index (χ0n) is 25.8. The highest BCUT2D eigenvalue weighted by Crippen LogP contribution is 2.42. The van der Waals surface area contributed by atoms with Gasteiger partial charge in [0, 0.05) is 30.6 Å². The van der Waals surface area contributed by atoms with Crippen LogP contribution in [0.1, 0.15) is 60.1 Å². The molecule has 0 amide bonds. The van der Waals surface area contributed by atoms with Crippen molar-refractivity contribution in [2.75, 3.05) is 13.6 Å². The molecule has 0 spiro atoms. The predicted octanol–water partition coefficient (Wildman–Crippen LogP) is 7.94. The van der Waals surface area contributed by atoms with Crippen LogP contribution in [0.15, 0.2) is 115 Å². The van der Waals surface area contributed by atoms with Crippen LogP contribution in [0, 0.1) is 5.92 Å². The van der Waals surface area contributed by atoms with E-state index in [1.165, 1.54) is 16.3 Å². The average Bonchev–Trinajstić information content (AvgIpc) is 3.08. The Bertz CT molecular complexity index is 1680. The molecule has 0 radical (unpaired) electrons. The summed E-state index contributed by atoms with van der Waals surface area (Å²) in [7, 11) is 2.18. The molecule has 3 N–H and O–H groups in total. The Labute approximate surface area is 260 Å². The molecule has 5 aromatic rings. The fourth-order valence-electron chi connectivity index (χ4n) is 6.20. The van der Waals surface area contributed by atoms with Gasteiger partial charge >= 0.3 is 0 Å². The maximum atomic E-state index is 9.60. The molecule has 44 heavy (non-hydrogen) atoms. The molecular formula is C39H42N2O3. The van der Waals surface area contributed by atoms with E-state index in [0.717, 1.165) is 39.9 Å². The van der Waals surface area contributed by atoms with Gasteiger partial charge in [-0.3, -0.25) is 4.90 Å². The van der Waals surface area contributed by atoms with Gasteiger partial charge in [0.25, 0.3) is 0 Å². The number of rotatable bonds is 9. The van der Waals surface area contributed by atoms with Crippen LogP contribution >= 0.6 is 0 Å². The molecular weight excluding hydrogens is 544 g/mol. The van der Waals surface area contributed by atoms with Crippen LogP contribution in [-0.2, 0) is 22.6 Å². The third-order valence-corrected chi connectivity index (χ3v) is 9.19. The molecule has 1 fully saturated rings. The largest absolute Gasteiger partial charge is 0.392 e. The molecule has 5 aromatic carbocycles. The van der Waals surface area contributed by atoms with Crippen LogP contribution in [0.25, 0.3) is 21.9 Å². The first-order valence-corrected chi connectivity index (χ1v) is 15.5. The molecule has 226 valence electrons. The molecule has 1 aliphatic heterocycles. The number of aliphatic hydroxyl groups excluding tert-OH is 1. The number of aliphatic hydroxyl groups is 1. The topological polar surface area (TPSA) is 68.0 Å². The van der Waals surface area contributed by atoms with Crippen LogP contribution in [-0.4, -0.2) is 29.7 Å². The van der Waals surface area contributed by atoms with Gasteiger partial charge < -0.3 is 20.3 Å². The summed E-state index contributed by atoms with van der Waals surface area (Å²) in [6.45, 7) is 5.77. The quantitative estimate of drug-likeness (QED) is 0.184. The molecule has 1 aliphatic rings. The van der Waals surface area contributed by atoms with Crippen LogP contribution in [0.3, 0.4) is 0 Å². The van der Waals surface area contributed by atoms with Gasteiger partial charge in [-0.25, -0.2) is 0 Å². The van der Waals surface area contributed by atoms with E-state index in [2.05, 4.69) is 117 Å². The number of nitrogens with two attached hydrogens (primary N) is 1. The minimum Gasteiger partial charge on any atom is -0.392 e. The van der Waals surface area contributed by atoms with E-state index >= 15 is 0 Å². The Hall–Kier alpha value is -3.84. The van der Waals surface area contributed by atoms with E-state index in [9.17, 15) is 5.11 Å². The van der Waals surface area contributed by atoms with Crippen LogP contribution in [0.2, 0.25) is 0 Å². The summed E-state index contributed by atoms with van der Waals surface area (Å²) in [4.78, 5) is 2.38. The maximum absolute atomic E-state index is 9.60. The van der Waals surface area contributed by atoms with Crippen LogP contribution in [0.5, 0.6) is 0 Å². The van der Waals surface area contributed by atoms with E-state index in [4.69, 9.17) is 15.2 Å². The Morgan fingerprint density at radius 2 is 1.48 bits per heavy atom. The van der Waals surface area contributed by atoms with Gasteiger partial charge in [0.15, 0.2) is 6.29 Å². The second-order valence-electron chi connectivity index (χ2n) is 12.1. The van der Waals surface area contributed by atoms with E-state index in [-0.39, 0.29) is 30.8 Å². The normalized spacial score (nSPS) is 21.0. The minimum absolute atomic E-state index is 0.0215. The van der Waals surface area contributed by atoms with Crippen molar-refractivity contribution in [3.05, 3.63) is 143 Å². The predicted molar refractivity (Wildman–Crippen MR) is 178 cm³/mol. The zero-order chi connectivity index (χ0) is 30.6. The van der Waals surface area contributed by atoms with E-state index < -0.39 is 6.29 Å². The van der Waals surface area contributed by atoms with Gasteiger partial charge in [0.2, 0.25) is 0 Å². The number of fused-ring (bicyclic) bond motifs is 1. The second-order valence-corrected chi connectivity index (χ2v) is 12.1. The van der Waals surface area contributed by atoms with E-state index in [0.29, 0.717) is 6.54 Å². The lowest BCUT2D eigenvalue weighted by atomic mass is 9.89. The maximum Gasteiger partial charge on any atom is 0.184 e. The van der Waals surface area contributed by atoms with Gasteiger partial charge in [-0.1, -0.05) is 110 Å². The summed E-state index contributed by atoms with van der Waals surface area (Å²) in [5.41, 5.74) is 13.5. The van der Waals surface area contributed by atoms with E-state index in [1.54, 1.807) is 0 Å². The van der Waals surface area contributed by atoms with Crippen molar-refractivity contribution in [1.29, 1.82) is 0 Å². The number of likely N-dealkylation sites (N-methyl/N-ethyl adjacent to an activating group) is 1. The molecule has 5 atom stereocenters. The van der Waals surface area contributed by atoms with Crippen molar-refractivity contribution in [3.63, 3.8) is 0 Å². The van der Waals surface area contributed by atoms with E-state index in [1.807, 2.05) is 24.3 Å². The Morgan fingerprint density at radius 3 is 2.20 bits per heavy atom. The highest BCUT2D eigenvalue weighted by Gasteiger charge is 2.39. The summed E-state index contributed by atoms with van der Waals surface area (Å²) in [6.07, 6.45) is -0.727. The molecule has 5 nitrogen and oxygen atoms in total. The standard InChI is InChI=1S/C39H42N2O3/c1-26-37(24-41(3)27(2)34-20-17-30-8-4-5-9-36(30)22-34)43-39(44-38(26)32-13-11-28(25-42)12-14-32)33-18-15-31(16-19-33)35-10-6-7-29(21-35)23-40/h4-22,26-27,37-39,42H,23-25,40H2,1-3H3. The number of hydrogen-bond donors (Lipinski definition) is 2. The molecule has 6 rings (SSSR count). The molecule has 5 heteroatoms. The molecule has 0 saturated carbocycles. The Balaban J connectivity index is 1.26. The third kappa shape index (κ3) is 6.48. The fourth-order valence-corrected chi connectivity index (χ4v) is 6.20. The summed E-state index contributed by atoms with van der Waals surface area (Å²) in [6, 6.07) is 40.4. The molecule has 5 unspecified atom stereocenters. The molecule has 1 saturated heterocycles. The monoisotopic (exact) mass is 586 g/mol. The lowest BCUT2D eigenvalue weighted by Gasteiger charge is -2.43. The number of hydrogen-bond acceptors (Lipinski definition) is 5. The second kappa shape index (κ2) is 13.4. The summed E-state index contributed by atoms with van der Waals surface area (Å²) < 4.78 is 13.5. The summed E-state index contributed by atoms with van der Waals surface area (Å²) in [5.74, 6) is 0.107. The number of benzene rings is 5. The zero-order valence-corrected chi connectivity index (χ0v) is 25.8. The molecule has 0 aromatic heterocycles. The lowest BCUT2D eigenvalue weighted by molar-refractivity contribution is -0.276. The summed E-state index contributed by atoms with van der Waals surface area (Å²) in [5, 5.41) is 12.1. The SMILES string of the molecule is CC1C(CN(C)C(C)c2ccc3ccccc3c2)OC(c2ccc(-c3cccc(CN)c3)cc2)OC1c1ccc(CO)cc1. The molecule has 1 heterocycles. The smallest absolute Gasteiger partial charge is 0.184 e. The Morgan fingerprint density at radius 1 is 0.750 bits per heavy atom. The van der Waals surface area contributed by atoms with Crippen molar-refractivity contribution >= 4 is 10.8 Å². The van der Waals surface area contributed by atoms with Crippen molar-refractivity contribution in [3.8, 4) is 11.1 Å². The van der Waals surface area contributed by atoms with Crippen molar-refractivity contribution < 1.29 is 14.6 Å². The lowest BCUT2D eigenvalue weighted by Crippen LogP contribution is -2.44. The minimum atomic E-state index is -0.507. The summed E-state index contributed by atoms with van der Waals surface area (Å²) >= 11 is 0. The number of ether oxygens (including phenoxy) is 2. The van der Waals surface area contributed by atoms with Gasteiger partial charge in [-0.05, 0) is 70.3 Å². The fraction of sp³-hybridized carbons (Fsp3) is 0.282. The molecule has 0 bridgehead atoms. The van der Waals surface area contributed by atoms with Crippen molar-refractivity contribution in [1.82, 2.24) is 4.90 Å². The highest BCUT2D eigenvalue weighted by atomic mass is 16.7. The van der Waals surface area contributed by atoms with Crippen molar-refractivity contribution in [2.45, 2.75) is 51.5 Å². The number of nitrogens with zero attached hydrogens (tertiary/aromatic N) is 1. The highest BCUT2D eigenvalue weighted by molar-refractivity contribution is 5.83. The first kappa shape index (κ1) is 30.2. The van der Waals surface area contributed by atoms with Gasteiger partial charge in [0.1, 0.15) is 0 Å². The average molecular weight is 587 g/mol. The first-order valence-electron chi connectivity index (χ1n) is 15.5. The molecule has 0 aliphatic carbocycles. The van der Waals surface area contributed by atoms with Crippen molar-refractivity contribution in [2.24, 2.45) is 11.7 Å². The van der Waals surface area contributed by atoms with Crippen LogP contribution in [0.4, 0.5) is 0 Å². The Kier molecular flexibility index (Phi) is 9.22. The first-order chi connectivity index (χ1) is 21.4.